The van der Waals surface area contributed by atoms with Crippen LogP contribution in [0.4, 0.5) is 8.78 Å². The smallest absolute Gasteiger partial charge is 0.285 e. The summed E-state index contributed by atoms with van der Waals surface area (Å²) in [6.45, 7) is 1.92. The second-order valence-corrected chi connectivity index (χ2v) is 8.83. The van der Waals surface area contributed by atoms with Crippen molar-refractivity contribution in [2.24, 2.45) is 4.40 Å². The van der Waals surface area contributed by atoms with Crippen LogP contribution in [0.5, 0.6) is 0 Å². The molecule has 4 rings (SSSR count). The van der Waals surface area contributed by atoms with Gasteiger partial charge in [0.2, 0.25) is 5.91 Å². The number of nitrogens with zero attached hydrogens (tertiary/aromatic N) is 4. The SMILES string of the molecule is O=C([C@@H]1CCCN1C1=NS(=O)(=O)c2ccccc21)N1CCN(CC(F)F)CC1. The molecule has 152 valence electrons. The van der Waals surface area contributed by atoms with Gasteiger partial charge in [0.15, 0.2) is 5.84 Å². The predicted octanol–water partition coefficient (Wildman–Crippen LogP) is 1.01. The van der Waals surface area contributed by atoms with Crippen LogP contribution in [0.2, 0.25) is 0 Å². The van der Waals surface area contributed by atoms with E-state index in [0.717, 1.165) is 6.42 Å². The average molecular weight is 412 g/mol. The molecule has 0 N–H and O–H groups in total. The third-order valence-corrected chi connectivity index (χ3v) is 6.83. The molecule has 1 amide bonds. The van der Waals surface area contributed by atoms with Crippen LogP contribution in [0, 0.1) is 0 Å². The van der Waals surface area contributed by atoms with Crippen LogP contribution in [0.1, 0.15) is 18.4 Å². The molecule has 1 atom stereocenters. The number of benzene rings is 1. The summed E-state index contributed by atoms with van der Waals surface area (Å²) in [6, 6.07) is 6.17. The zero-order chi connectivity index (χ0) is 19.9. The molecule has 10 heteroatoms. The highest BCUT2D eigenvalue weighted by Crippen LogP contribution is 2.31. The largest absolute Gasteiger partial charge is 0.343 e. The van der Waals surface area contributed by atoms with Crippen molar-refractivity contribution < 1.29 is 22.0 Å². The molecule has 0 radical (unpaired) electrons. The third-order valence-electron chi connectivity index (χ3n) is 5.50. The van der Waals surface area contributed by atoms with Gasteiger partial charge in [-0.1, -0.05) is 12.1 Å². The molecule has 0 bridgehead atoms. The van der Waals surface area contributed by atoms with Crippen molar-refractivity contribution in [2.45, 2.75) is 30.2 Å². The van der Waals surface area contributed by atoms with Crippen molar-refractivity contribution in [3.63, 3.8) is 0 Å². The minimum absolute atomic E-state index is 0.0846. The second kappa shape index (κ2) is 7.40. The van der Waals surface area contributed by atoms with E-state index >= 15 is 0 Å². The van der Waals surface area contributed by atoms with Gasteiger partial charge in [0.1, 0.15) is 10.9 Å². The van der Waals surface area contributed by atoms with Crippen molar-refractivity contribution in [1.29, 1.82) is 0 Å². The summed E-state index contributed by atoms with van der Waals surface area (Å²) in [5.41, 5.74) is 0.531. The molecule has 1 aromatic carbocycles. The van der Waals surface area contributed by atoms with E-state index in [2.05, 4.69) is 4.40 Å². The number of amides is 1. The first-order valence-electron chi connectivity index (χ1n) is 9.37. The molecule has 2 saturated heterocycles. The van der Waals surface area contributed by atoms with E-state index < -0.39 is 22.5 Å². The lowest BCUT2D eigenvalue weighted by Crippen LogP contribution is -2.54. The molecule has 1 aromatic rings. The van der Waals surface area contributed by atoms with Crippen LogP contribution in [-0.4, -0.2) is 86.6 Å². The maximum atomic E-state index is 13.1. The highest BCUT2D eigenvalue weighted by Gasteiger charge is 2.41. The summed E-state index contributed by atoms with van der Waals surface area (Å²) >= 11 is 0. The Morgan fingerprint density at radius 2 is 1.86 bits per heavy atom. The Morgan fingerprint density at radius 1 is 1.14 bits per heavy atom. The van der Waals surface area contributed by atoms with Gasteiger partial charge in [0, 0.05) is 38.3 Å². The van der Waals surface area contributed by atoms with E-state index in [1.165, 1.54) is 6.07 Å². The number of hydrogen-bond acceptors (Lipinski definition) is 5. The van der Waals surface area contributed by atoms with Crippen molar-refractivity contribution in [3.05, 3.63) is 29.8 Å². The zero-order valence-corrected chi connectivity index (χ0v) is 16.1. The normalized spacial score (nSPS) is 24.5. The van der Waals surface area contributed by atoms with E-state index in [9.17, 15) is 22.0 Å². The van der Waals surface area contributed by atoms with Crippen LogP contribution in [-0.2, 0) is 14.8 Å². The number of hydrogen-bond donors (Lipinski definition) is 0. The number of carbonyl (C=O) groups is 1. The van der Waals surface area contributed by atoms with Gasteiger partial charge in [0.05, 0.1) is 6.54 Å². The summed E-state index contributed by atoms with van der Waals surface area (Å²) in [4.78, 5) is 18.4. The predicted molar refractivity (Wildman–Crippen MR) is 98.9 cm³/mol. The number of halogens is 2. The summed E-state index contributed by atoms with van der Waals surface area (Å²) in [5.74, 6) is 0.251. The van der Waals surface area contributed by atoms with E-state index in [1.807, 2.05) is 0 Å². The first kappa shape index (κ1) is 19.3. The van der Waals surface area contributed by atoms with Gasteiger partial charge in [-0.3, -0.25) is 9.69 Å². The molecule has 3 heterocycles. The molecule has 3 aliphatic heterocycles. The van der Waals surface area contributed by atoms with Crippen molar-refractivity contribution in [3.8, 4) is 0 Å². The van der Waals surface area contributed by atoms with Gasteiger partial charge in [-0.25, -0.2) is 8.78 Å². The van der Waals surface area contributed by atoms with E-state index in [1.54, 1.807) is 32.9 Å². The minimum Gasteiger partial charge on any atom is -0.343 e. The highest BCUT2D eigenvalue weighted by atomic mass is 32.2. The van der Waals surface area contributed by atoms with Crippen LogP contribution < -0.4 is 0 Å². The highest BCUT2D eigenvalue weighted by molar-refractivity contribution is 7.90. The monoisotopic (exact) mass is 412 g/mol. The van der Waals surface area contributed by atoms with Gasteiger partial charge in [-0.05, 0) is 25.0 Å². The molecule has 0 saturated carbocycles. The maximum absolute atomic E-state index is 13.1. The fourth-order valence-corrected chi connectivity index (χ4v) is 5.35. The summed E-state index contributed by atoms with van der Waals surface area (Å²) in [6.07, 6.45) is -0.990. The number of alkyl halides is 2. The molecule has 2 fully saturated rings. The van der Waals surface area contributed by atoms with E-state index in [4.69, 9.17) is 0 Å². The fourth-order valence-electron chi connectivity index (χ4n) is 4.13. The van der Waals surface area contributed by atoms with Gasteiger partial charge in [-0.2, -0.15) is 8.42 Å². The molecule has 0 aromatic heterocycles. The first-order valence-corrected chi connectivity index (χ1v) is 10.8. The third kappa shape index (κ3) is 3.50. The molecule has 3 aliphatic rings. The summed E-state index contributed by atoms with van der Waals surface area (Å²) in [5, 5.41) is 0. The number of sulfonamides is 1. The Kier molecular flexibility index (Phi) is 5.09. The standard InChI is InChI=1S/C18H22F2N4O3S/c19-16(20)12-22-8-10-23(11-9-22)18(25)14-5-3-7-24(14)17-13-4-1-2-6-15(13)28(26,27)21-17/h1-2,4,6,14,16H,3,5,7-12H2/t14-/m0/s1. The molecule has 0 spiro atoms. The molecule has 28 heavy (non-hydrogen) atoms. The number of piperazine rings is 1. The maximum Gasteiger partial charge on any atom is 0.285 e. The average Bonchev–Trinajstić information content (AvgIpc) is 3.24. The molecule has 0 aliphatic carbocycles. The lowest BCUT2D eigenvalue weighted by Gasteiger charge is -2.37. The molecule has 0 unspecified atom stereocenters. The fraction of sp³-hybridized carbons (Fsp3) is 0.556. The van der Waals surface area contributed by atoms with Gasteiger partial charge in [0.25, 0.3) is 16.4 Å². The number of carbonyl (C=O) groups excluding carboxylic acids is 1. The summed E-state index contributed by atoms with van der Waals surface area (Å²) < 4.78 is 53.7. The van der Waals surface area contributed by atoms with Crippen LogP contribution >= 0.6 is 0 Å². The van der Waals surface area contributed by atoms with Crippen LogP contribution in [0.25, 0.3) is 0 Å². The molecular weight excluding hydrogens is 390 g/mol. The van der Waals surface area contributed by atoms with Crippen LogP contribution in [0.3, 0.4) is 0 Å². The number of amidine groups is 1. The van der Waals surface area contributed by atoms with Crippen molar-refractivity contribution in [2.75, 3.05) is 39.3 Å². The zero-order valence-electron chi connectivity index (χ0n) is 15.3. The van der Waals surface area contributed by atoms with E-state index in [-0.39, 0.29) is 17.3 Å². The Hall–Kier alpha value is -2.07. The number of rotatable bonds is 3. The topological polar surface area (TPSA) is 73.3 Å². The first-order chi connectivity index (χ1) is 13.4. The van der Waals surface area contributed by atoms with Crippen LogP contribution in [0.15, 0.2) is 33.6 Å². The number of likely N-dealkylation sites (tertiary alicyclic amines) is 1. The minimum atomic E-state index is -3.74. The Bertz CT molecular complexity index is 898. The second-order valence-electron chi connectivity index (χ2n) is 7.25. The van der Waals surface area contributed by atoms with Gasteiger partial charge >= 0.3 is 0 Å². The molecule has 7 nitrogen and oxygen atoms in total. The van der Waals surface area contributed by atoms with Crippen molar-refractivity contribution >= 4 is 21.8 Å². The lowest BCUT2D eigenvalue weighted by atomic mass is 10.1. The van der Waals surface area contributed by atoms with Crippen molar-refractivity contribution in [1.82, 2.24) is 14.7 Å². The Morgan fingerprint density at radius 3 is 2.57 bits per heavy atom. The van der Waals surface area contributed by atoms with Gasteiger partial charge in [-0.15, -0.1) is 4.40 Å². The molecular formula is C18H22F2N4O3S. The Labute approximate surface area is 162 Å². The van der Waals surface area contributed by atoms with E-state index in [0.29, 0.717) is 50.5 Å². The quantitative estimate of drug-likeness (QED) is 0.741. The number of fused-ring (bicyclic) bond motifs is 1. The van der Waals surface area contributed by atoms with Gasteiger partial charge < -0.3 is 9.80 Å². The Balaban J connectivity index is 1.50. The summed E-state index contributed by atoms with van der Waals surface area (Å²) in [7, 11) is -3.74. The lowest BCUT2D eigenvalue weighted by molar-refractivity contribution is -0.136.